The van der Waals surface area contributed by atoms with E-state index in [0.29, 0.717) is 6.04 Å². The lowest BCUT2D eigenvalue weighted by atomic mass is 10.1. The van der Waals surface area contributed by atoms with Crippen LogP contribution in [0.15, 0.2) is 12.7 Å². The lowest BCUT2D eigenvalue weighted by Crippen LogP contribution is -2.45. The Labute approximate surface area is 129 Å². The third-order valence-electron chi connectivity index (χ3n) is 4.91. The Morgan fingerprint density at radius 2 is 2.00 bits per heavy atom. The van der Waals surface area contributed by atoms with Gasteiger partial charge in [0.25, 0.3) is 0 Å². The van der Waals surface area contributed by atoms with E-state index >= 15 is 0 Å². The van der Waals surface area contributed by atoms with Crippen molar-refractivity contribution in [2.45, 2.75) is 64.0 Å². The average molecular weight is 293 g/mol. The molecule has 0 aliphatic carbocycles. The van der Waals surface area contributed by atoms with Crippen molar-refractivity contribution in [3.05, 3.63) is 12.7 Å². The number of rotatable bonds is 5. The number of nitrogens with one attached hydrogen (secondary N) is 1. The van der Waals surface area contributed by atoms with Crippen molar-refractivity contribution in [1.82, 2.24) is 15.1 Å². The zero-order chi connectivity index (χ0) is 15.1. The Morgan fingerprint density at radius 3 is 2.67 bits per heavy atom. The van der Waals surface area contributed by atoms with Gasteiger partial charge >= 0.3 is 6.03 Å². The van der Waals surface area contributed by atoms with Gasteiger partial charge in [-0.1, -0.05) is 13.0 Å². The Balaban J connectivity index is 1.81. The second-order valence-electron chi connectivity index (χ2n) is 6.39. The predicted molar refractivity (Wildman–Crippen MR) is 87.4 cm³/mol. The third kappa shape index (κ3) is 4.73. The second-order valence-corrected chi connectivity index (χ2v) is 6.39. The van der Waals surface area contributed by atoms with E-state index in [2.05, 4.69) is 23.7 Å². The molecule has 2 amide bonds. The normalized spacial score (nSPS) is 25.4. The average Bonchev–Trinajstić information content (AvgIpc) is 2.91. The van der Waals surface area contributed by atoms with Crippen LogP contribution in [0.2, 0.25) is 0 Å². The number of carbonyl (C=O) groups excluding carboxylic acids is 1. The minimum absolute atomic E-state index is 0.116. The van der Waals surface area contributed by atoms with E-state index in [1.165, 1.54) is 32.4 Å². The summed E-state index contributed by atoms with van der Waals surface area (Å²) in [5.41, 5.74) is 0. The fourth-order valence-corrected chi connectivity index (χ4v) is 3.55. The highest BCUT2D eigenvalue weighted by atomic mass is 16.2. The van der Waals surface area contributed by atoms with Crippen LogP contribution in [0.5, 0.6) is 0 Å². The van der Waals surface area contributed by atoms with E-state index in [4.69, 9.17) is 0 Å². The minimum Gasteiger partial charge on any atom is -0.335 e. The number of likely N-dealkylation sites (tertiary alicyclic amines) is 2. The topological polar surface area (TPSA) is 35.6 Å². The van der Waals surface area contributed by atoms with Crippen LogP contribution in [0.4, 0.5) is 4.79 Å². The predicted octanol–water partition coefficient (Wildman–Crippen LogP) is 3.00. The molecule has 2 rings (SSSR count). The summed E-state index contributed by atoms with van der Waals surface area (Å²) in [5.74, 6) is 0. The van der Waals surface area contributed by atoms with Crippen molar-refractivity contribution in [3.63, 3.8) is 0 Å². The summed E-state index contributed by atoms with van der Waals surface area (Å²) in [6, 6.07) is 1.04. The SMILES string of the molecule is C=CC[C@@H](CC)NC(=O)N1CCC[C@@H](N2CCCC2)CC1. The van der Waals surface area contributed by atoms with Crippen LogP contribution in [0, 0.1) is 0 Å². The maximum Gasteiger partial charge on any atom is 0.317 e. The molecular weight excluding hydrogens is 262 g/mol. The van der Waals surface area contributed by atoms with Crippen LogP contribution in [0.1, 0.15) is 51.9 Å². The zero-order valence-corrected chi connectivity index (χ0v) is 13.5. The molecule has 2 saturated heterocycles. The summed E-state index contributed by atoms with van der Waals surface area (Å²) in [6.45, 7) is 10.2. The van der Waals surface area contributed by atoms with Crippen LogP contribution in [0.3, 0.4) is 0 Å². The molecule has 2 fully saturated rings. The van der Waals surface area contributed by atoms with E-state index in [9.17, 15) is 4.79 Å². The van der Waals surface area contributed by atoms with E-state index in [1.807, 2.05) is 11.0 Å². The Kier molecular flexibility index (Phi) is 6.55. The van der Waals surface area contributed by atoms with Crippen LogP contribution in [-0.4, -0.2) is 54.1 Å². The van der Waals surface area contributed by atoms with Gasteiger partial charge in [0.1, 0.15) is 0 Å². The Morgan fingerprint density at radius 1 is 1.24 bits per heavy atom. The highest BCUT2D eigenvalue weighted by Gasteiger charge is 2.26. The summed E-state index contributed by atoms with van der Waals surface area (Å²) < 4.78 is 0. The molecule has 4 heteroatoms. The van der Waals surface area contributed by atoms with E-state index in [0.717, 1.165) is 38.8 Å². The van der Waals surface area contributed by atoms with Gasteiger partial charge < -0.3 is 15.1 Å². The van der Waals surface area contributed by atoms with Crippen molar-refractivity contribution in [2.75, 3.05) is 26.2 Å². The molecule has 0 unspecified atom stereocenters. The Hall–Kier alpha value is -1.03. The molecule has 2 aliphatic heterocycles. The molecule has 0 aromatic rings. The lowest BCUT2D eigenvalue weighted by Gasteiger charge is -2.27. The second kappa shape index (κ2) is 8.42. The van der Waals surface area contributed by atoms with Crippen molar-refractivity contribution in [3.8, 4) is 0 Å². The number of hydrogen-bond acceptors (Lipinski definition) is 2. The van der Waals surface area contributed by atoms with Crippen LogP contribution in [-0.2, 0) is 0 Å². The number of nitrogens with zero attached hydrogens (tertiary/aromatic N) is 2. The van der Waals surface area contributed by atoms with Gasteiger partial charge in [0, 0.05) is 25.2 Å². The number of amides is 2. The molecule has 0 spiro atoms. The minimum atomic E-state index is 0.116. The Bertz CT molecular complexity index is 339. The highest BCUT2D eigenvalue weighted by Crippen LogP contribution is 2.21. The molecule has 0 radical (unpaired) electrons. The van der Waals surface area contributed by atoms with Crippen LogP contribution in [0.25, 0.3) is 0 Å². The largest absolute Gasteiger partial charge is 0.335 e. The van der Waals surface area contributed by atoms with Crippen molar-refractivity contribution in [1.29, 1.82) is 0 Å². The van der Waals surface area contributed by atoms with Crippen molar-refractivity contribution >= 4 is 6.03 Å². The van der Waals surface area contributed by atoms with Gasteiger partial charge in [-0.25, -0.2) is 4.79 Å². The zero-order valence-electron chi connectivity index (χ0n) is 13.5. The first-order chi connectivity index (χ1) is 10.2. The first-order valence-electron chi connectivity index (χ1n) is 8.65. The van der Waals surface area contributed by atoms with Gasteiger partial charge in [-0.3, -0.25) is 0 Å². The quantitative estimate of drug-likeness (QED) is 0.791. The highest BCUT2D eigenvalue weighted by molar-refractivity contribution is 5.74. The first-order valence-corrected chi connectivity index (χ1v) is 8.65. The molecule has 2 atom stereocenters. The lowest BCUT2D eigenvalue weighted by molar-refractivity contribution is 0.190. The third-order valence-corrected chi connectivity index (χ3v) is 4.91. The molecule has 0 saturated carbocycles. The van der Waals surface area contributed by atoms with Gasteiger partial charge in [-0.15, -0.1) is 6.58 Å². The van der Waals surface area contributed by atoms with Crippen molar-refractivity contribution in [2.24, 2.45) is 0 Å². The first kappa shape index (κ1) is 16.3. The molecule has 2 aliphatic rings. The summed E-state index contributed by atoms with van der Waals surface area (Å²) >= 11 is 0. The number of hydrogen-bond donors (Lipinski definition) is 1. The van der Waals surface area contributed by atoms with Crippen LogP contribution < -0.4 is 5.32 Å². The summed E-state index contributed by atoms with van der Waals surface area (Å²) in [5, 5.41) is 3.15. The van der Waals surface area contributed by atoms with E-state index in [-0.39, 0.29) is 12.1 Å². The number of carbonyl (C=O) groups is 1. The molecule has 0 bridgehead atoms. The summed E-state index contributed by atoms with van der Waals surface area (Å²) in [4.78, 5) is 17.0. The molecular formula is C17H31N3O. The molecule has 1 N–H and O–H groups in total. The van der Waals surface area contributed by atoms with Gasteiger partial charge in [0.05, 0.1) is 0 Å². The van der Waals surface area contributed by atoms with Gasteiger partial charge in [0.2, 0.25) is 0 Å². The molecule has 0 aromatic carbocycles. The summed E-state index contributed by atoms with van der Waals surface area (Å²) in [7, 11) is 0. The number of urea groups is 1. The maximum atomic E-state index is 12.4. The van der Waals surface area contributed by atoms with Crippen molar-refractivity contribution < 1.29 is 4.79 Å². The molecule has 4 nitrogen and oxygen atoms in total. The van der Waals surface area contributed by atoms with Gasteiger partial charge in [0.15, 0.2) is 0 Å². The maximum absolute atomic E-state index is 12.4. The van der Waals surface area contributed by atoms with Gasteiger partial charge in [-0.05, 0) is 58.0 Å². The monoisotopic (exact) mass is 293 g/mol. The molecule has 0 aromatic heterocycles. The summed E-state index contributed by atoms with van der Waals surface area (Å²) in [6.07, 6.45) is 9.90. The fourth-order valence-electron chi connectivity index (χ4n) is 3.55. The standard InChI is InChI=1S/C17H31N3O/c1-3-8-15(4-2)18-17(21)20-13-7-9-16(10-14-20)19-11-5-6-12-19/h3,15-16H,1,4-14H2,2H3,(H,18,21)/t15-,16-/m1/s1. The van der Waals surface area contributed by atoms with Crippen LogP contribution >= 0.6 is 0 Å². The molecule has 21 heavy (non-hydrogen) atoms. The smallest absolute Gasteiger partial charge is 0.317 e. The van der Waals surface area contributed by atoms with Gasteiger partial charge in [-0.2, -0.15) is 0 Å². The van der Waals surface area contributed by atoms with E-state index in [1.54, 1.807) is 0 Å². The molecule has 2 heterocycles. The fraction of sp³-hybridized carbons (Fsp3) is 0.824. The van der Waals surface area contributed by atoms with E-state index < -0.39 is 0 Å². The molecule has 120 valence electrons.